The highest BCUT2D eigenvalue weighted by molar-refractivity contribution is 5.81. The summed E-state index contributed by atoms with van der Waals surface area (Å²) in [7, 11) is 0. The lowest BCUT2D eigenvalue weighted by molar-refractivity contribution is 0.195. The molecular formula is C8H10N6O2. The van der Waals surface area contributed by atoms with E-state index < -0.39 is 6.09 Å². The first kappa shape index (κ1) is 10.1. The third-order valence-electron chi connectivity index (χ3n) is 1.92. The second kappa shape index (κ2) is 4.43. The summed E-state index contributed by atoms with van der Waals surface area (Å²) in [6.45, 7) is 0.742. The van der Waals surface area contributed by atoms with Gasteiger partial charge in [-0.25, -0.2) is 19.7 Å². The molecular weight excluding hydrogens is 212 g/mol. The van der Waals surface area contributed by atoms with Gasteiger partial charge in [-0.15, -0.1) is 0 Å². The third-order valence-corrected chi connectivity index (χ3v) is 1.92. The van der Waals surface area contributed by atoms with E-state index in [-0.39, 0.29) is 0 Å². The van der Waals surface area contributed by atoms with Gasteiger partial charge in [-0.3, -0.25) is 0 Å². The molecule has 0 bridgehead atoms. The predicted octanol–water partition coefficient (Wildman–Crippen LogP) is 0.0324. The van der Waals surface area contributed by atoms with E-state index in [0.29, 0.717) is 30.1 Å². The number of fused-ring (bicyclic) bond motifs is 1. The van der Waals surface area contributed by atoms with E-state index >= 15 is 0 Å². The summed E-state index contributed by atoms with van der Waals surface area (Å²) in [5, 5.41) is 13.6. The second-order valence-corrected chi connectivity index (χ2v) is 2.98. The monoisotopic (exact) mass is 222 g/mol. The second-order valence-electron chi connectivity index (χ2n) is 2.98. The molecule has 0 unspecified atom stereocenters. The SMILES string of the molecule is O=C(O)NCCNc1ncnc2nc[nH]c12. The lowest BCUT2D eigenvalue weighted by atomic mass is 10.5. The minimum atomic E-state index is -1.05. The van der Waals surface area contributed by atoms with E-state index in [2.05, 4.69) is 30.6 Å². The van der Waals surface area contributed by atoms with E-state index in [0.717, 1.165) is 0 Å². The summed E-state index contributed by atoms with van der Waals surface area (Å²) in [5.74, 6) is 0.606. The van der Waals surface area contributed by atoms with Crippen molar-refractivity contribution in [1.82, 2.24) is 25.3 Å². The first-order chi connectivity index (χ1) is 7.77. The first-order valence-electron chi connectivity index (χ1n) is 4.62. The summed E-state index contributed by atoms with van der Waals surface area (Å²) in [5.41, 5.74) is 1.28. The van der Waals surface area contributed by atoms with Crippen LogP contribution in [0, 0.1) is 0 Å². The topological polar surface area (TPSA) is 116 Å². The molecule has 8 heteroatoms. The number of nitrogens with zero attached hydrogens (tertiary/aromatic N) is 3. The Morgan fingerprint density at radius 2 is 2.25 bits per heavy atom. The molecule has 0 radical (unpaired) electrons. The van der Waals surface area contributed by atoms with Crippen molar-refractivity contribution in [3.63, 3.8) is 0 Å². The first-order valence-corrected chi connectivity index (χ1v) is 4.62. The van der Waals surface area contributed by atoms with Crippen molar-refractivity contribution in [3.8, 4) is 0 Å². The molecule has 2 aromatic heterocycles. The molecule has 0 aliphatic carbocycles. The summed E-state index contributed by atoms with van der Waals surface area (Å²) in [6.07, 6.45) is 1.88. The Bertz CT molecular complexity index is 496. The van der Waals surface area contributed by atoms with E-state index in [9.17, 15) is 4.79 Å². The summed E-state index contributed by atoms with van der Waals surface area (Å²) >= 11 is 0. The maximum atomic E-state index is 10.2. The number of hydrogen-bond acceptors (Lipinski definition) is 5. The number of imidazole rings is 1. The summed E-state index contributed by atoms with van der Waals surface area (Å²) in [4.78, 5) is 25.1. The van der Waals surface area contributed by atoms with Crippen LogP contribution in [0.2, 0.25) is 0 Å². The molecule has 0 saturated carbocycles. The van der Waals surface area contributed by atoms with Gasteiger partial charge in [-0.1, -0.05) is 0 Å². The van der Waals surface area contributed by atoms with Gasteiger partial charge in [0.1, 0.15) is 11.8 Å². The van der Waals surface area contributed by atoms with Crippen LogP contribution in [0.25, 0.3) is 11.2 Å². The molecule has 84 valence electrons. The molecule has 0 saturated heterocycles. The maximum absolute atomic E-state index is 10.2. The number of aromatic nitrogens is 4. The normalized spacial score (nSPS) is 10.2. The highest BCUT2D eigenvalue weighted by Gasteiger charge is 2.04. The molecule has 2 heterocycles. The number of aromatic amines is 1. The van der Waals surface area contributed by atoms with Gasteiger partial charge in [-0.05, 0) is 0 Å². The smallest absolute Gasteiger partial charge is 0.404 e. The van der Waals surface area contributed by atoms with E-state index in [1.807, 2.05) is 0 Å². The van der Waals surface area contributed by atoms with Crippen LogP contribution in [0.4, 0.5) is 10.6 Å². The Hall–Kier alpha value is -2.38. The zero-order chi connectivity index (χ0) is 11.4. The van der Waals surface area contributed by atoms with Gasteiger partial charge in [0.05, 0.1) is 6.33 Å². The third kappa shape index (κ3) is 2.16. The fourth-order valence-corrected chi connectivity index (χ4v) is 1.25. The van der Waals surface area contributed by atoms with Crippen molar-refractivity contribution >= 4 is 23.1 Å². The quantitative estimate of drug-likeness (QED) is 0.542. The van der Waals surface area contributed by atoms with Crippen LogP contribution in [0.15, 0.2) is 12.7 Å². The minimum Gasteiger partial charge on any atom is -0.465 e. The van der Waals surface area contributed by atoms with Crippen molar-refractivity contribution in [2.24, 2.45) is 0 Å². The molecule has 0 atom stereocenters. The Morgan fingerprint density at radius 1 is 1.38 bits per heavy atom. The number of carboxylic acid groups (broad SMARTS) is 1. The van der Waals surface area contributed by atoms with Crippen LogP contribution in [0.3, 0.4) is 0 Å². The summed E-state index contributed by atoms with van der Waals surface area (Å²) in [6, 6.07) is 0. The van der Waals surface area contributed by atoms with Gasteiger partial charge in [0.15, 0.2) is 11.5 Å². The van der Waals surface area contributed by atoms with Crippen LogP contribution in [0.5, 0.6) is 0 Å². The van der Waals surface area contributed by atoms with E-state index in [1.54, 1.807) is 0 Å². The molecule has 0 fully saturated rings. The molecule has 0 aliphatic heterocycles. The van der Waals surface area contributed by atoms with Crippen molar-refractivity contribution in [2.45, 2.75) is 0 Å². The minimum absolute atomic E-state index is 0.301. The van der Waals surface area contributed by atoms with E-state index in [4.69, 9.17) is 5.11 Å². The van der Waals surface area contributed by atoms with Crippen LogP contribution in [-0.2, 0) is 0 Å². The Labute approximate surface area is 90.1 Å². The van der Waals surface area contributed by atoms with Crippen molar-refractivity contribution in [2.75, 3.05) is 18.4 Å². The van der Waals surface area contributed by atoms with Crippen LogP contribution < -0.4 is 10.6 Å². The molecule has 4 N–H and O–H groups in total. The van der Waals surface area contributed by atoms with Crippen molar-refractivity contribution in [3.05, 3.63) is 12.7 Å². The standard InChI is InChI=1S/C8H10N6O2/c15-8(16)10-2-1-9-6-5-7(12-3-11-5)14-4-13-6/h3-4,10H,1-2H2,(H,15,16)(H2,9,11,12,13,14). The summed E-state index contributed by atoms with van der Waals surface area (Å²) < 4.78 is 0. The lowest BCUT2D eigenvalue weighted by Gasteiger charge is -2.05. The number of hydrogen-bond donors (Lipinski definition) is 4. The number of anilines is 1. The Balaban J connectivity index is 1.98. The highest BCUT2D eigenvalue weighted by atomic mass is 16.4. The molecule has 0 aliphatic rings. The largest absolute Gasteiger partial charge is 0.465 e. The van der Waals surface area contributed by atoms with Gasteiger partial charge in [0, 0.05) is 13.1 Å². The van der Waals surface area contributed by atoms with E-state index in [1.165, 1.54) is 12.7 Å². The van der Waals surface area contributed by atoms with Gasteiger partial charge in [0.25, 0.3) is 0 Å². The molecule has 2 rings (SSSR count). The zero-order valence-electron chi connectivity index (χ0n) is 8.27. The lowest BCUT2D eigenvalue weighted by Crippen LogP contribution is -2.27. The molecule has 1 amide bonds. The maximum Gasteiger partial charge on any atom is 0.404 e. The molecule has 0 spiro atoms. The molecule has 16 heavy (non-hydrogen) atoms. The van der Waals surface area contributed by atoms with Gasteiger partial charge >= 0.3 is 6.09 Å². The average Bonchev–Trinajstić information content (AvgIpc) is 2.72. The fourth-order valence-electron chi connectivity index (χ4n) is 1.25. The predicted molar refractivity (Wildman–Crippen MR) is 56.2 cm³/mol. The van der Waals surface area contributed by atoms with Crippen LogP contribution in [-0.4, -0.2) is 44.2 Å². The van der Waals surface area contributed by atoms with Gasteiger partial charge < -0.3 is 20.7 Å². The number of H-pyrrole nitrogens is 1. The average molecular weight is 222 g/mol. The van der Waals surface area contributed by atoms with Crippen LogP contribution >= 0.6 is 0 Å². The molecule has 0 aromatic carbocycles. The number of carbonyl (C=O) groups is 1. The highest BCUT2D eigenvalue weighted by Crippen LogP contribution is 2.13. The van der Waals surface area contributed by atoms with Crippen molar-refractivity contribution < 1.29 is 9.90 Å². The van der Waals surface area contributed by atoms with Crippen LogP contribution in [0.1, 0.15) is 0 Å². The Kier molecular flexibility index (Phi) is 2.81. The fraction of sp³-hybridized carbons (Fsp3) is 0.250. The molecule has 2 aromatic rings. The number of nitrogens with one attached hydrogen (secondary N) is 3. The number of amides is 1. The van der Waals surface area contributed by atoms with Gasteiger partial charge in [0.2, 0.25) is 0 Å². The zero-order valence-corrected chi connectivity index (χ0v) is 8.27. The van der Waals surface area contributed by atoms with Gasteiger partial charge in [-0.2, -0.15) is 0 Å². The Morgan fingerprint density at radius 3 is 3.06 bits per heavy atom. The number of rotatable bonds is 4. The molecule has 8 nitrogen and oxygen atoms in total. The van der Waals surface area contributed by atoms with Crippen molar-refractivity contribution in [1.29, 1.82) is 0 Å².